The molecular weight excluding hydrogens is 402 g/mol. The number of benzene rings is 3. The van der Waals surface area contributed by atoms with Gasteiger partial charge in [0.05, 0.1) is 17.2 Å². The molecule has 1 aliphatic carbocycles. The van der Waals surface area contributed by atoms with Crippen molar-refractivity contribution in [3.05, 3.63) is 116 Å². The number of carbonyl (C=O) groups excluding carboxylic acids is 1. The van der Waals surface area contributed by atoms with Crippen LogP contribution in [0.15, 0.2) is 87.9 Å². The van der Waals surface area contributed by atoms with Crippen LogP contribution in [0.3, 0.4) is 0 Å². The lowest BCUT2D eigenvalue weighted by molar-refractivity contribution is 0.0953. The van der Waals surface area contributed by atoms with Crippen molar-refractivity contribution in [1.82, 2.24) is 9.55 Å². The number of aliphatic imine (C=N–C) groups is 1. The molecule has 154 valence electrons. The molecular formula is C26H17N3O3. The monoisotopic (exact) mass is 419 g/mol. The van der Waals surface area contributed by atoms with Crippen LogP contribution in [0, 0.1) is 5.92 Å². The number of hydrogen-bond acceptors (Lipinski definition) is 4. The second-order valence-electron chi connectivity index (χ2n) is 7.98. The number of aromatic amines is 1. The molecule has 6 nitrogen and oxygen atoms in total. The van der Waals surface area contributed by atoms with E-state index in [1.165, 1.54) is 10.8 Å². The molecule has 6 rings (SSSR count). The van der Waals surface area contributed by atoms with Gasteiger partial charge in [-0.05, 0) is 16.3 Å². The first kappa shape index (κ1) is 18.4. The molecule has 32 heavy (non-hydrogen) atoms. The van der Waals surface area contributed by atoms with Crippen molar-refractivity contribution >= 4 is 34.3 Å². The molecule has 1 aromatic heterocycles. The third kappa shape index (κ3) is 2.34. The Hall–Kier alpha value is -4.32. The van der Waals surface area contributed by atoms with Crippen LogP contribution in [-0.2, 0) is 0 Å². The zero-order valence-corrected chi connectivity index (χ0v) is 16.9. The van der Waals surface area contributed by atoms with E-state index >= 15 is 0 Å². The molecule has 0 saturated carbocycles. The summed E-state index contributed by atoms with van der Waals surface area (Å²) in [6.45, 7) is 3.73. The second kappa shape index (κ2) is 6.59. The fourth-order valence-electron chi connectivity index (χ4n) is 5.07. The van der Waals surface area contributed by atoms with E-state index in [0.29, 0.717) is 16.8 Å². The largest absolute Gasteiger partial charge is 0.334 e. The Morgan fingerprint density at radius 3 is 2.41 bits per heavy atom. The molecule has 1 N–H and O–H groups in total. The number of Topliss-reactive ketones (excluding diaryl/α,β-unsaturated/α-hetero) is 1. The summed E-state index contributed by atoms with van der Waals surface area (Å²) < 4.78 is 1.24. The number of fused-ring (bicyclic) bond motifs is 5. The van der Waals surface area contributed by atoms with Gasteiger partial charge in [-0.15, -0.1) is 0 Å². The number of aromatic nitrogens is 2. The van der Waals surface area contributed by atoms with E-state index in [4.69, 9.17) is 4.99 Å². The molecule has 0 saturated heterocycles. The first-order valence-corrected chi connectivity index (χ1v) is 10.3. The van der Waals surface area contributed by atoms with Crippen molar-refractivity contribution in [1.29, 1.82) is 0 Å². The van der Waals surface area contributed by atoms with Crippen molar-refractivity contribution in [3.63, 3.8) is 0 Å². The smallest absolute Gasteiger partial charge is 0.293 e. The second-order valence-corrected chi connectivity index (χ2v) is 7.98. The van der Waals surface area contributed by atoms with Crippen LogP contribution in [-0.4, -0.2) is 21.0 Å². The van der Waals surface area contributed by atoms with Crippen LogP contribution in [0.5, 0.6) is 0 Å². The summed E-state index contributed by atoms with van der Waals surface area (Å²) in [6, 6.07) is 21.1. The molecule has 4 aromatic rings. The first-order valence-electron chi connectivity index (χ1n) is 10.3. The molecule has 0 fully saturated rings. The average molecular weight is 419 g/mol. The average Bonchev–Trinajstić information content (AvgIpc) is 3.10. The lowest BCUT2D eigenvalue weighted by atomic mass is 9.75. The Balaban J connectivity index is 1.77. The minimum atomic E-state index is -0.650. The molecule has 0 amide bonds. The van der Waals surface area contributed by atoms with E-state index in [9.17, 15) is 14.4 Å². The van der Waals surface area contributed by atoms with E-state index in [1.54, 1.807) is 6.07 Å². The van der Waals surface area contributed by atoms with Crippen molar-refractivity contribution in [3.8, 4) is 0 Å². The lowest BCUT2D eigenvalue weighted by Gasteiger charge is -2.30. The zero-order chi connectivity index (χ0) is 22.0. The van der Waals surface area contributed by atoms with E-state index in [2.05, 4.69) is 11.6 Å². The van der Waals surface area contributed by atoms with Gasteiger partial charge in [-0.2, -0.15) is 0 Å². The first-order chi connectivity index (χ1) is 15.6. The van der Waals surface area contributed by atoms with E-state index in [0.717, 1.165) is 21.9 Å². The molecule has 2 aliphatic rings. The minimum Gasteiger partial charge on any atom is -0.293 e. The summed E-state index contributed by atoms with van der Waals surface area (Å²) in [5.41, 5.74) is 1.91. The van der Waals surface area contributed by atoms with Crippen LogP contribution in [0.2, 0.25) is 0 Å². The Morgan fingerprint density at radius 1 is 0.875 bits per heavy atom. The number of ketones is 1. The summed E-state index contributed by atoms with van der Waals surface area (Å²) in [4.78, 5) is 46.4. The van der Waals surface area contributed by atoms with Crippen LogP contribution in [0.25, 0.3) is 17.0 Å². The lowest BCUT2D eigenvalue weighted by Crippen LogP contribution is -2.38. The third-order valence-corrected chi connectivity index (χ3v) is 6.41. The summed E-state index contributed by atoms with van der Waals surface area (Å²) in [5, 5.41) is 1.96. The highest BCUT2D eigenvalue weighted by Gasteiger charge is 2.47. The Kier molecular flexibility index (Phi) is 3.80. The molecule has 0 bridgehead atoms. The van der Waals surface area contributed by atoms with Crippen molar-refractivity contribution in [2.24, 2.45) is 10.9 Å². The summed E-state index contributed by atoms with van der Waals surface area (Å²) in [6.07, 6.45) is 1.34. The normalized spacial score (nSPS) is 18.6. The van der Waals surface area contributed by atoms with Gasteiger partial charge in [-0.25, -0.2) is 9.79 Å². The van der Waals surface area contributed by atoms with Gasteiger partial charge in [0, 0.05) is 23.2 Å². The molecule has 3 aromatic carbocycles. The zero-order valence-electron chi connectivity index (χ0n) is 16.9. The quantitative estimate of drug-likeness (QED) is 0.535. The highest BCUT2D eigenvalue weighted by atomic mass is 16.2. The van der Waals surface area contributed by atoms with Gasteiger partial charge in [0.1, 0.15) is 0 Å². The number of hydrogen-bond donors (Lipinski definition) is 1. The molecule has 0 radical (unpaired) electrons. The van der Waals surface area contributed by atoms with Crippen LogP contribution in [0.4, 0.5) is 5.82 Å². The summed E-state index contributed by atoms with van der Waals surface area (Å²) in [7, 11) is 0. The molecule has 2 unspecified atom stereocenters. The van der Waals surface area contributed by atoms with E-state index in [-0.39, 0.29) is 11.6 Å². The summed E-state index contributed by atoms with van der Waals surface area (Å²) >= 11 is 0. The van der Waals surface area contributed by atoms with Gasteiger partial charge in [0.25, 0.3) is 5.56 Å². The fraction of sp³-hybridized carbons (Fsp3) is 0.0769. The predicted molar refractivity (Wildman–Crippen MR) is 124 cm³/mol. The van der Waals surface area contributed by atoms with Crippen LogP contribution < -0.4 is 11.2 Å². The number of H-pyrrole nitrogens is 1. The maximum absolute atomic E-state index is 13.6. The minimum absolute atomic E-state index is 0.0707. The third-order valence-electron chi connectivity index (χ3n) is 6.41. The number of carbonyl (C=O) groups is 1. The standard InChI is InChI=1S/C26H17N3O3/c1-2-29-24-21(25(31)28-26(29)32)19(16-13-7-9-14-8-3-4-10-15(14)16)20-22(27-24)17-11-5-6-12-18(17)23(20)30/h2-13,19-20H,1H2,(H,28,31,32). The summed E-state index contributed by atoms with van der Waals surface area (Å²) in [5.74, 6) is -1.09. The van der Waals surface area contributed by atoms with E-state index < -0.39 is 23.1 Å². The molecule has 1 aliphatic heterocycles. The van der Waals surface area contributed by atoms with Gasteiger partial charge in [-0.3, -0.25) is 19.1 Å². The Morgan fingerprint density at radius 2 is 1.59 bits per heavy atom. The van der Waals surface area contributed by atoms with Crippen LogP contribution >= 0.6 is 0 Å². The maximum Gasteiger partial charge on any atom is 0.334 e. The number of rotatable bonds is 2. The predicted octanol–water partition coefficient (Wildman–Crippen LogP) is 3.87. The van der Waals surface area contributed by atoms with Crippen molar-refractivity contribution in [2.75, 3.05) is 0 Å². The SMILES string of the molecule is C=Cn1c2c(c(=O)[nH]c1=O)C(c1cccc3ccccc13)C1C(=O)c3ccccc3C1=N2. The molecule has 0 spiro atoms. The molecule has 2 atom stereocenters. The van der Waals surface area contributed by atoms with Gasteiger partial charge in [0.15, 0.2) is 11.6 Å². The topological polar surface area (TPSA) is 84.3 Å². The number of nitrogens with zero attached hydrogens (tertiary/aromatic N) is 2. The fourth-order valence-corrected chi connectivity index (χ4v) is 5.07. The number of nitrogens with one attached hydrogen (secondary N) is 1. The van der Waals surface area contributed by atoms with Crippen LogP contribution in [0.1, 0.15) is 33.0 Å². The van der Waals surface area contributed by atoms with Crippen molar-refractivity contribution < 1.29 is 4.79 Å². The highest BCUT2D eigenvalue weighted by molar-refractivity contribution is 6.30. The molecule has 2 heterocycles. The van der Waals surface area contributed by atoms with Gasteiger partial charge in [0.2, 0.25) is 0 Å². The van der Waals surface area contributed by atoms with Gasteiger partial charge < -0.3 is 0 Å². The Bertz CT molecular complexity index is 1620. The molecule has 6 heteroatoms. The van der Waals surface area contributed by atoms with Gasteiger partial charge in [-0.1, -0.05) is 73.3 Å². The highest BCUT2D eigenvalue weighted by Crippen LogP contribution is 2.47. The Labute approximate surface area is 182 Å². The maximum atomic E-state index is 13.6. The van der Waals surface area contributed by atoms with Gasteiger partial charge >= 0.3 is 5.69 Å². The van der Waals surface area contributed by atoms with E-state index in [1.807, 2.05) is 60.7 Å². The van der Waals surface area contributed by atoms with Crippen molar-refractivity contribution in [2.45, 2.75) is 5.92 Å².